The van der Waals surface area contributed by atoms with Gasteiger partial charge in [0.25, 0.3) is 5.91 Å². The zero-order valence-corrected chi connectivity index (χ0v) is 18.5. The first-order chi connectivity index (χ1) is 15.9. The summed E-state index contributed by atoms with van der Waals surface area (Å²) in [7, 11) is 0. The number of carbonyl (C=O) groups excluding carboxylic acids is 1. The second kappa shape index (κ2) is 11.7. The number of nitriles is 1. The predicted octanol–water partition coefficient (Wildman–Crippen LogP) is 1.40. The van der Waals surface area contributed by atoms with E-state index in [1.807, 2.05) is 0 Å². The number of nitrogens with one attached hydrogen (secondary N) is 4. The quantitative estimate of drug-likeness (QED) is 0.127. The molecule has 0 radical (unpaired) electrons. The minimum absolute atomic E-state index is 0.145. The van der Waals surface area contributed by atoms with Gasteiger partial charge in [0.05, 0.1) is 35.3 Å². The summed E-state index contributed by atoms with van der Waals surface area (Å²) in [5, 5.41) is 34.6. The smallest absolute Gasteiger partial charge is 0.578 e. The fourth-order valence-corrected chi connectivity index (χ4v) is 4.04. The summed E-state index contributed by atoms with van der Waals surface area (Å²) >= 11 is -3.19. The summed E-state index contributed by atoms with van der Waals surface area (Å²) in [5.41, 5.74) is 0.359. The predicted molar refractivity (Wildman–Crippen MR) is 117 cm³/mol. The molecule has 10 nitrogen and oxygen atoms in total. The van der Waals surface area contributed by atoms with Crippen LogP contribution in [0.5, 0.6) is 0 Å². The summed E-state index contributed by atoms with van der Waals surface area (Å²) in [6.45, 7) is -0.220. The third kappa shape index (κ3) is 7.65. The lowest BCUT2D eigenvalue weighted by molar-refractivity contribution is -0.136. The lowest BCUT2D eigenvalue weighted by Gasteiger charge is -2.33. The molecule has 7 N–H and O–H groups in total. The lowest BCUT2D eigenvalue weighted by Crippen LogP contribution is -2.45. The van der Waals surface area contributed by atoms with E-state index in [-0.39, 0.29) is 29.9 Å². The molecule has 1 aromatic carbocycles. The van der Waals surface area contributed by atoms with Crippen LogP contribution in [0, 0.1) is 22.7 Å². The molecule has 184 valence electrons. The number of halogens is 3. The summed E-state index contributed by atoms with van der Waals surface area (Å²) in [6, 6.07) is 5.96. The number of hydrogen-bond acceptors (Lipinski definition) is 7. The van der Waals surface area contributed by atoms with E-state index in [1.54, 1.807) is 0 Å². The molecule has 1 aromatic rings. The van der Waals surface area contributed by atoms with E-state index in [0.29, 0.717) is 19.3 Å². The van der Waals surface area contributed by atoms with E-state index in [9.17, 15) is 32.6 Å². The number of aliphatic carboxylic acids is 1. The molecule has 3 unspecified atom stereocenters. The van der Waals surface area contributed by atoms with Gasteiger partial charge in [-0.1, -0.05) is 0 Å². The largest absolute Gasteiger partial charge is 0.604 e. The van der Waals surface area contributed by atoms with E-state index in [4.69, 9.17) is 16.2 Å². The van der Waals surface area contributed by atoms with Crippen molar-refractivity contribution in [3.05, 3.63) is 36.0 Å². The van der Waals surface area contributed by atoms with Gasteiger partial charge in [-0.15, -0.1) is 13.2 Å². The molecule has 1 amide bonds. The van der Waals surface area contributed by atoms with Gasteiger partial charge in [-0.05, 0) is 43.5 Å². The zero-order chi connectivity index (χ0) is 25.5. The van der Waals surface area contributed by atoms with Gasteiger partial charge >= 0.3 is 11.5 Å². The molecule has 0 saturated heterocycles. The van der Waals surface area contributed by atoms with E-state index >= 15 is 0 Å². The summed E-state index contributed by atoms with van der Waals surface area (Å²) in [6.07, 6.45) is 2.67. The van der Waals surface area contributed by atoms with Crippen molar-refractivity contribution in [3.8, 4) is 6.07 Å². The number of carboxylic acid groups (broad SMARTS) is 1. The molecule has 1 aliphatic carbocycles. The van der Waals surface area contributed by atoms with Crippen molar-refractivity contribution in [1.29, 1.82) is 10.7 Å². The first-order valence-corrected chi connectivity index (χ1v) is 11.1. The average molecular weight is 501 g/mol. The van der Waals surface area contributed by atoms with E-state index < -0.39 is 45.2 Å². The Morgan fingerprint density at radius 2 is 1.97 bits per heavy atom. The Morgan fingerprint density at radius 3 is 2.50 bits per heavy atom. The SMILES string of the molecule is N#CC1CC(NCC(=O)O)CC[C@@H]1N/C=C(\C(=N)Nc1ccc([S+]([O-])C(F)(F)F)cc1)C(N)=O. The number of alkyl halides is 3. The number of benzene rings is 1. The Hall–Kier alpha value is -3.28. The summed E-state index contributed by atoms with van der Waals surface area (Å²) < 4.78 is 49.0. The fraction of sp³-hybridized carbons (Fsp3) is 0.400. The fourth-order valence-electron chi connectivity index (χ4n) is 3.39. The maximum absolute atomic E-state index is 12.6. The van der Waals surface area contributed by atoms with Crippen LogP contribution in [-0.2, 0) is 20.8 Å². The molecular weight excluding hydrogens is 477 g/mol. The van der Waals surface area contributed by atoms with Crippen LogP contribution in [-0.4, -0.2) is 51.5 Å². The van der Waals surface area contributed by atoms with Gasteiger partial charge in [0.2, 0.25) is 0 Å². The van der Waals surface area contributed by atoms with Crippen molar-refractivity contribution in [2.75, 3.05) is 11.9 Å². The van der Waals surface area contributed by atoms with Crippen LogP contribution in [0.25, 0.3) is 0 Å². The average Bonchev–Trinajstić information content (AvgIpc) is 2.77. The molecule has 4 atom stereocenters. The third-order valence-corrected chi connectivity index (χ3v) is 6.20. The number of rotatable bonds is 9. The number of hydrogen-bond donors (Lipinski definition) is 6. The van der Waals surface area contributed by atoms with Crippen molar-refractivity contribution in [3.63, 3.8) is 0 Å². The van der Waals surface area contributed by atoms with Crippen molar-refractivity contribution in [2.24, 2.45) is 11.7 Å². The molecule has 0 aliphatic heterocycles. The van der Waals surface area contributed by atoms with Crippen LogP contribution >= 0.6 is 0 Å². The van der Waals surface area contributed by atoms with Gasteiger partial charge in [0.1, 0.15) is 5.84 Å². The highest BCUT2D eigenvalue weighted by Gasteiger charge is 2.46. The minimum Gasteiger partial charge on any atom is -0.604 e. The first-order valence-electron chi connectivity index (χ1n) is 9.97. The van der Waals surface area contributed by atoms with E-state index in [0.717, 1.165) is 12.1 Å². The Kier molecular flexibility index (Phi) is 9.30. The standard InChI is InChI=1S/C20H23F3N6O4S/c21-20(22,23)34(33)14-4-1-12(2-5-14)29-18(25)15(19(26)32)9-28-16-6-3-13(7-11(16)8-24)27-10-17(30)31/h1-2,4-5,9,11,13,16,27-28H,3,6-7,10H2,(H2,25,29)(H2,26,32)(H,30,31)/b15-9+/t11?,13?,16-,34?/m0/s1. The van der Waals surface area contributed by atoms with Crippen molar-refractivity contribution >= 4 is 34.6 Å². The number of amides is 1. The number of carboxylic acids is 1. The van der Waals surface area contributed by atoms with E-state index in [1.165, 1.54) is 18.3 Å². The number of anilines is 1. The van der Waals surface area contributed by atoms with Crippen LogP contribution in [0.1, 0.15) is 19.3 Å². The number of carbonyl (C=O) groups is 2. The zero-order valence-electron chi connectivity index (χ0n) is 17.7. The van der Waals surface area contributed by atoms with Crippen LogP contribution in [0.3, 0.4) is 0 Å². The molecular formula is C20H23F3N6O4S. The first kappa shape index (κ1) is 27.0. The van der Waals surface area contributed by atoms with Gasteiger partial charge < -0.3 is 31.3 Å². The summed E-state index contributed by atoms with van der Waals surface area (Å²) in [5.74, 6) is -2.88. The molecule has 2 rings (SSSR count). The molecule has 1 aliphatic rings. The molecule has 0 aromatic heterocycles. The maximum Gasteiger partial charge on any atom is 0.578 e. The molecule has 0 heterocycles. The lowest BCUT2D eigenvalue weighted by atomic mass is 9.82. The molecule has 1 fully saturated rings. The number of amidine groups is 1. The van der Waals surface area contributed by atoms with Gasteiger partial charge in [-0.2, -0.15) is 5.26 Å². The second-order valence-corrected chi connectivity index (χ2v) is 8.93. The minimum atomic E-state index is -4.90. The Balaban J connectivity index is 2.03. The van der Waals surface area contributed by atoms with Crippen molar-refractivity contribution in [1.82, 2.24) is 10.6 Å². The molecule has 0 bridgehead atoms. The maximum atomic E-state index is 12.6. The number of nitrogens with zero attached hydrogens (tertiary/aromatic N) is 1. The van der Waals surface area contributed by atoms with Crippen molar-refractivity contribution in [2.45, 2.75) is 41.7 Å². The van der Waals surface area contributed by atoms with Crippen molar-refractivity contribution < 1.29 is 32.4 Å². The second-order valence-electron chi connectivity index (χ2n) is 7.45. The Labute approximate surface area is 196 Å². The van der Waals surface area contributed by atoms with Gasteiger partial charge in [-0.25, -0.2) is 0 Å². The Bertz CT molecular complexity index is 980. The topological polar surface area (TPSA) is 187 Å². The number of nitrogens with two attached hydrogens (primary N) is 1. The van der Waals surface area contributed by atoms with Crippen LogP contribution in [0.4, 0.5) is 18.9 Å². The summed E-state index contributed by atoms with van der Waals surface area (Å²) in [4.78, 5) is 22.1. The van der Waals surface area contributed by atoms with Crippen LogP contribution < -0.4 is 21.7 Å². The highest BCUT2D eigenvalue weighted by Crippen LogP contribution is 2.30. The van der Waals surface area contributed by atoms with Crippen LogP contribution in [0.2, 0.25) is 0 Å². The van der Waals surface area contributed by atoms with Gasteiger partial charge in [0.15, 0.2) is 4.90 Å². The highest BCUT2D eigenvalue weighted by atomic mass is 32.2. The Morgan fingerprint density at radius 1 is 1.32 bits per heavy atom. The van der Waals surface area contributed by atoms with Crippen LogP contribution in [0.15, 0.2) is 40.9 Å². The van der Waals surface area contributed by atoms with Gasteiger partial charge in [-0.3, -0.25) is 15.0 Å². The van der Waals surface area contributed by atoms with E-state index in [2.05, 4.69) is 22.0 Å². The highest BCUT2D eigenvalue weighted by molar-refractivity contribution is 7.92. The molecule has 1 saturated carbocycles. The molecule has 0 spiro atoms. The van der Waals surface area contributed by atoms with Gasteiger partial charge in [0, 0.05) is 24.0 Å². The monoisotopic (exact) mass is 500 g/mol. The normalized spacial score (nSPS) is 21.7. The number of primary amides is 1. The third-order valence-electron chi connectivity index (χ3n) is 5.08. The molecule has 34 heavy (non-hydrogen) atoms. The molecule has 14 heteroatoms.